The van der Waals surface area contributed by atoms with Crippen LogP contribution in [-0.4, -0.2) is 27.2 Å². The van der Waals surface area contributed by atoms with Crippen molar-refractivity contribution in [2.45, 2.75) is 31.8 Å². The number of anilines is 1. The van der Waals surface area contributed by atoms with E-state index in [-0.39, 0.29) is 0 Å². The average Bonchev–Trinajstić information content (AvgIpc) is 2.71. The van der Waals surface area contributed by atoms with E-state index in [4.69, 9.17) is 0 Å². The fraction of sp³-hybridized carbons (Fsp3) is 0.545. The van der Waals surface area contributed by atoms with Gasteiger partial charge in [0.15, 0.2) is 10.3 Å². The first-order chi connectivity index (χ1) is 8.33. The molecule has 0 unspecified atom stereocenters. The SMILES string of the molecule is CCCCSc1ncc2nc(NCC)sc2n1. The minimum absolute atomic E-state index is 0.859. The summed E-state index contributed by atoms with van der Waals surface area (Å²) in [6.07, 6.45) is 4.23. The molecule has 0 atom stereocenters. The first-order valence-corrected chi connectivity index (χ1v) is 7.64. The van der Waals surface area contributed by atoms with Crippen LogP contribution in [0.25, 0.3) is 10.3 Å². The first-order valence-electron chi connectivity index (χ1n) is 5.83. The Labute approximate surface area is 109 Å². The lowest BCUT2D eigenvalue weighted by atomic mass is 10.4. The van der Waals surface area contributed by atoms with E-state index in [1.165, 1.54) is 12.8 Å². The van der Waals surface area contributed by atoms with Crippen LogP contribution in [0, 0.1) is 0 Å². The zero-order valence-electron chi connectivity index (χ0n) is 10.1. The van der Waals surface area contributed by atoms with Crippen molar-refractivity contribution in [1.29, 1.82) is 0 Å². The predicted molar refractivity (Wildman–Crippen MR) is 75.0 cm³/mol. The van der Waals surface area contributed by atoms with Crippen LogP contribution >= 0.6 is 23.1 Å². The van der Waals surface area contributed by atoms with Gasteiger partial charge < -0.3 is 5.32 Å². The lowest BCUT2D eigenvalue weighted by molar-refractivity contribution is 0.890. The van der Waals surface area contributed by atoms with Gasteiger partial charge in [-0.15, -0.1) is 0 Å². The van der Waals surface area contributed by atoms with E-state index in [1.54, 1.807) is 23.1 Å². The number of thiazole rings is 1. The summed E-state index contributed by atoms with van der Waals surface area (Å²) in [7, 11) is 0. The van der Waals surface area contributed by atoms with E-state index in [2.05, 4.69) is 34.1 Å². The van der Waals surface area contributed by atoms with Crippen LogP contribution in [0.3, 0.4) is 0 Å². The Morgan fingerprint density at radius 2 is 2.24 bits per heavy atom. The second kappa shape index (κ2) is 6.16. The molecule has 0 aromatic carbocycles. The van der Waals surface area contributed by atoms with Gasteiger partial charge >= 0.3 is 0 Å². The maximum absolute atomic E-state index is 4.52. The molecule has 2 heterocycles. The fourth-order valence-electron chi connectivity index (χ4n) is 1.32. The smallest absolute Gasteiger partial charge is 0.189 e. The van der Waals surface area contributed by atoms with Gasteiger partial charge in [-0.3, -0.25) is 0 Å². The Balaban J connectivity index is 2.12. The van der Waals surface area contributed by atoms with E-state index in [0.29, 0.717) is 0 Å². The minimum atomic E-state index is 0.859. The normalized spacial score (nSPS) is 10.9. The van der Waals surface area contributed by atoms with Gasteiger partial charge in [-0.25, -0.2) is 15.0 Å². The standard InChI is InChI=1S/C11H16N4S2/c1-3-5-6-16-10-13-7-8-9(15-10)17-11(14-8)12-4-2/h7H,3-6H2,1-2H3,(H,12,14). The van der Waals surface area contributed by atoms with Gasteiger partial charge in [-0.1, -0.05) is 36.4 Å². The zero-order valence-corrected chi connectivity index (χ0v) is 11.7. The Kier molecular flexibility index (Phi) is 4.56. The van der Waals surface area contributed by atoms with Gasteiger partial charge in [0.2, 0.25) is 0 Å². The molecular formula is C11H16N4S2. The second-order valence-corrected chi connectivity index (χ2v) is 5.63. The van der Waals surface area contributed by atoms with E-state index in [1.807, 2.05) is 6.20 Å². The Hall–Kier alpha value is -0.880. The van der Waals surface area contributed by atoms with Crippen molar-refractivity contribution in [3.05, 3.63) is 6.20 Å². The van der Waals surface area contributed by atoms with E-state index >= 15 is 0 Å². The molecular weight excluding hydrogens is 252 g/mol. The summed E-state index contributed by atoms with van der Waals surface area (Å²) in [5.41, 5.74) is 0.880. The number of aromatic nitrogens is 3. The number of fused-ring (bicyclic) bond motifs is 1. The van der Waals surface area contributed by atoms with Crippen LogP contribution in [0.2, 0.25) is 0 Å². The lowest BCUT2D eigenvalue weighted by Crippen LogP contribution is -1.94. The Bertz CT molecular complexity index is 483. The molecule has 0 fully saturated rings. The largest absolute Gasteiger partial charge is 0.362 e. The maximum Gasteiger partial charge on any atom is 0.189 e. The summed E-state index contributed by atoms with van der Waals surface area (Å²) in [4.78, 5) is 14.2. The van der Waals surface area contributed by atoms with E-state index < -0.39 is 0 Å². The van der Waals surface area contributed by atoms with Crippen LogP contribution in [0.15, 0.2) is 11.4 Å². The van der Waals surface area contributed by atoms with Gasteiger partial charge in [0.05, 0.1) is 6.20 Å². The van der Waals surface area contributed by atoms with Crippen molar-refractivity contribution in [2.75, 3.05) is 17.6 Å². The van der Waals surface area contributed by atoms with Gasteiger partial charge in [-0.05, 0) is 13.3 Å². The van der Waals surface area contributed by atoms with Gasteiger partial charge in [0, 0.05) is 12.3 Å². The monoisotopic (exact) mass is 268 g/mol. The van der Waals surface area contributed by atoms with Crippen molar-refractivity contribution >= 4 is 38.6 Å². The number of hydrogen-bond acceptors (Lipinski definition) is 6. The van der Waals surface area contributed by atoms with Crippen molar-refractivity contribution in [3.8, 4) is 0 Å². The van der Waals surface area contributed by atoms with E-state index in [0.717, 1.165) is 32.9 Å². The molecule has 0 bridgehead atoms. The molecule has 0 aliphatic carbocycles. The molecule has 0 aliphatic heterocycles. The van der Waals surface area contributed by atoms with Crippen LogP contribution in [0.1, 0.15) is 26.7 Å². The molecule has 2 rings (SSSR count). The second-order valence-electron chi connectivity index (χ2n) is 3.59. The molecule has 2 aromatic heterocycles. The van der Waals surface area contributed by atoms with Crippen LogP contribution in [0.5, 0.6) is 0 Å². The molecule has 0 radical (unpaired) electrons. The quantitative estimate of drug-likeness (QED) is 0.494. The number of rotatable bonds is 6. The highest BCUT2D eigenvalue weighted by Crippen LogP contribution is 2.25. The fourth-order valence-corrected chi connectivity index (χ4v) is 3.16. The molecule has 0 saturated carbocycles. The maximum atomic E-state index is 4.52. The third kappa shape index (κ3) is 3.29. The van der Waals surface area contributed by atoms with Gasteiger partial charge in [0.25, 0.3) is 0 Å². The summed E-state index contributed by atoms with van der Waals surface area (Å²) in [5, 5.41) is 4.98. The highest BCUT2D eigenvalue weighted by atomic mass is 32.2. The summed E-state index contributed by atoms with van der Waals surface area (Å²) in [6, 6.07) is 0. The minimum Gasteiger partial charge on any atom is -0.362 e. The molecule has 0 aliphatic rings. The summed E-state index contributed by atoms with van der Waals surface area (Å²) in [5.74, 6) is 1.08. The van der Waals surface area contributed by atoms with Gasteiger partial charge in [0.1, 0.15) is 10.3 Å². The Morgan fingerprint density at radius 3 is 3.00 bits per heavy atom. The first kappa shape index (κ1) is 12.6. The van der Waals surface area contributed by atoms with Crippen LogP contribution < -0.4 is 5.32 Å². The number of nitrogens with zero attached hydrogens (tertiary/aromatic N) is 3. The van der Waals surface area contributed by atoms with Crippen molar-refractivity contribution in [1.82, 2.24) is 15.0 Å². The third-order valence-corrected chi connectivity index (χ3v) is 4.06. The van der Waals surface area contributed by atoms with Crippen molar-refractivity contribution < 1.29 is 0 Å². The molecule has 92 valence electrons. The van der Waals surface area contributed by atoms with Crippen molar-refractivity contribution in [2.24, 2.45) is 0 Å². The average molecular weight is 268 g/mol. The number of unbranched alkanes of at least 4 members (excludes halogenated alkanes) is 1. The highest BCUT2D eigenvalue weighted by Gasteiger charge is 2.06. The van der Waals surface area contributed by atoms with Gasteiger partial charge in [-0.2, -0.15) is 0 Å². The number of hydrogen-bond donors (Lipinski definition) is 1. The number of nitrogens with one attached hydrogen (secondary N) is 1. The summed E-state index contributed by atoms with van der Waals surface area (Å²) >= 11 is 3.31. The number of thioether (sulfide) groups is 1. The summed E-state index contributed by atoms with van der Waals surface area (Å²) < 4.78 is 0. The molecule has 0 spiro atoms. The lowest BCUT2D eigenvalue weighted by Gasteiger charge is -1.97. The molecule has 4 nitrogen and oxygen atoms in total. The highest BCUT2D eigenvalue weighted by molar-refractivity contribution is 7.99. The molecule has 6 heteroatoms. The van der Waals surface area contributed by atoms with E-state index in [9.17, 15) is 0 Å². The molecule has 17 heavy (non-hydrogen) atoms. The van der Waals surface area contributed by atoms with Crippen LogP contribution in [-0.2, 0) is 0 Å². The Morgan fingerprint density at radius 1 is 1.35 bits per heavy atom. The summed E-state index contributed by atoms with van der Waals surface area (Å²) in [6.45, 7) is 5.13. The molecule has 2 aromatic rings. The van der Waals surface area contributed by atoms with Crippen LogP contribution in [0.4, 0.5) is 5.13 Å². The topological polar surface area (TPSA) is 50.7 Å². The molecule has 0 amide bonds. The molecule has 1 N–H and O–H groups in total. The third-order valence-electron chi connectivity index (χ3n) is 2.19. The molecule has 0 saturated heterocycles. The zero-order chi connectivity index (χ0) is 12.1. The predicted octanol–water partition coefficient (Wildman–Crippen LogP) is 3.41. The van der Waals surface area contributed by atoms with Crippen molar-refractivity contribution in [3.63, 3.8) is 0 Å².